The second-order valence-electron chi connectivity index (χ2n) is 5.54. The second kappa shape index (κ2) is 7.10. The first-order valence-electron chi connectivity index (χ1n) is 7.24. The van der Waals surface area contributed by atoms with Crippen molar-refractivity contribution < 1.29 is 4.74 Å². The van der Waals surface area contributed by atoms with Crippen LogP contribution in [0.1, 0.15) is 42.6 Å². The molecule has 0 aliphatic heterocycles. The van der Waals surface area contributed by atoms with E-state index in [-0.39, 0.29) is 6.10 Å². The standard InChI is InChI=1S/C18H22BrNO/c1-12(2)14-9-8-13(3)17(10-14)21-18(11-20)15-6-4-5-7-16(15)19/h4-10,12,18H,11,20H2,1-3H3. The minimum absolute atomic E-state index is 0.151. The number of rotatable bonds is 5. The number of hydrogen-bond donors (Lipinski definition) is 1. The van der Waals surface area contributed by atoms with Gasteiger partial charge in [-0.05, 0) is 36.1 Å². The SMILES string of the molecule is Cc1ccc(C(C)C)cc1OC(CN)c1ccccc1Br. The summed E-state index contributed by atoms with van der Waals surface area (Å²) < 4.78 is 7.22. The Labute approximate surface area is 135 Å². The highest BCUT2D eigenvalue weighted by Gasteiger charge is 2.16. The van der Waals surface area contributed by atoms with Gasteiger partial charge in [0.2, 0.25) is 0 Å². The minimum Gasteiger partial charge on any atom is -0.484 e. The quantitative estimate of drug-likeness (QED) is 0.829. The van der Waals surface area contributed by atoms with Crippen molar-refractivity contribution in [2.45, 2.75) is 32.8 Å². The smallest absolute Gasteiger partial charge is 0.137 e. The van der Waals surface area contributed by atoms with E-state index in [0.717, 1.165) is 21.3 Å². The molecule has 0 fully saturated rings. The third kappa shape index (κ3) is 3.86. The molecule has 0 radical (unpaired) electrons. The fourth-order valence-electron chi connectivity index (χ4n) is 2.23. The molecule has 0 aliphatic carbocycles. The van der Waals surface area contributed by atoms with Crippen molar-refractivity contribution in [3.63, 3.8) is 0 Å². The molecule has 2 rings (SSSR count). The Morgan fingerprint density at radius 3 is 2.48 bits per heavy atom. The van der Waals surface area contributed by atoms with E-state index in [0.29, 0.717) is 12.5 Å². The van der Waals surface area contributed by atoms with Gasteiger partial charge in [-0.3, -0.25) is 0 Å². The van der Waals surface area contributed by atoms with Gasteiger partial charge in [-0.15, -0.1) is 0 Å². The van der Waals surface area contributed by atoms with Gasteiger partial charge in [0, 0.05) is 16.6 Å². The molecule has 0 saturated carbocycles. The molecular weight excluding hydrogens is 326 g/mol. The van der Waals surface area contributed by atoms with Crippen molar-refractivity contribution in [2.75, 3.05) is 6.54 Å². The Morgan fingerprint density at radius 1 is 1.14 bits per heavy atom. The van der Waals surface area contributed by atoms with E-state index in [9.17, 15) is 0 Å². The van der Waals surface area contributed by atoms with Gasteiger partial charge in [-0.2, -0.15) is 0 Å². The van der Waals surface area contributed by atoms with E-state index in [1.54, 1.807) is 0 Å². The monoisotopic (exact) mass is 347 g/mol. The molecule has 2 aromatic rings. The highest BCUT2D eigenvalue weighted by Crippen LogP contribution is 2.31. The molecule has 2 N–H and O–H groups in total. The Kier molecular flexibility index (Phi) is 5.43. The largest absolute Gasteiger partial charge is 0.484 e. The molecule has 0 saturated heterocycles. The summed E-state index contributed by atoms with van der Waals surface area (Å²) in [6.45, 7) is 6.87. The Morgan fingerprint density at radius 2 is 1.86 bits per heavy atom. The molecule has 3 heteroatoms. The van der Waals surface area contributed by atoms with Gasteiger partial charge in [0.25, 0.3) is 0 Å². The van der Waals surface area contributed by atoms with E-state index in [1.165, 1.54) is 5.56 Å². The molecule has 0 bridgehead atoms. The first-order chi connectivity index (χ1) is 10.0. The Balaban J connectivity index is 2.31. The van der Waals surface area contributed by atoms with Gasteiger partial charge in [-0.25, -0.2) is 0 Å². The molecular formula is C18H22BrNO. The molecule has 112 valence electrons. The summed E-state index contributed by atoms with van der Waals surface area (Å²) in [6, 6.07) is 14.4. The molecule has 2 nitrogen and oxygen atoms in total. The normalized spacial score (nSPS) is 12.5. The predicted octanol–water partition coefficient (Wildman–Crippen LogP) is 4.96. The summed E-state index contributed by atoms with van der Waals surface area (Å²) in [5, 5.41) is 0. The van der Waals surface area contributed by atoms with Crippen molar-refractivity contribution in [3.05, 3.63) is 63.6 Å². The van der Waals surface area contributed by atoms with Crippen molar-refractivity contribution in [3.8, 4) is 5.75 Å². The zero-order valence-corrected chi connectivity index (χ0v) is 14.4. The molecule has 0 aromatic heterocycles. The maximum atomic E-state index is 6.20. The summed E-state index contributed by atoms with van der Waals surface area (Å²) in [6.07, 6.45) is -0.151. The zero-order valence-electron chi connectivity index (χ0n) is 12.8. The number of benzene rings is 2. The van der Waals surface area contributed by atoms with Gasteiger partial charge < -0.3 is 10.5 Å². The minimum atomic E-state index is -0.151. The van der Waals surface area contributed by atoms with Gasteiger partial charge in [0.1, 0.15) is 11.9 Å². The number of aryl methyl sites for hydroxylation is 1. The third-order valence-electron chi connectivity index (χ3n) is 3.61. The van der Waals surface area contributed by atoms with Crippen LogP contribution in [-0.2, 0) is 0 Å². The summed E-state index contributed by atoms with van der Waals surface area (Å²) in [4.78, 5) is 0. The lowest BCUT2D eigenvalue weighted by Crippen LogP contribution is -2.19. The van der Waals surface area contributed by atoms with Crippen molar-refractivity contribution in [1.82, 2.24) is 0 Å². The van der Waals surface area contributed by atoms with E-state index >= 15 is 0 Å². The maximum absolute atomic E-state index is 6.20. The van der Waals surface area contributed by atoms with Crippen LogP contribution in [0.4, 0.5) is 0 Å². The van der Waals surface area contributed by atoms with Crippen LogP contribution in [0, 0.1) is 6.92 Å². The average molecular weight is 348 g/mol. The molecule has 0 heterocycles. The van der Waals surface area contributed by atoms with Crippen LogP contribution >= 0.6 is 15.9 Å². The third-order valence-corrected chi connectivity index (χ3v) is 4.34. The first-order valence-corrected chi connectivity index (χ1v) is 8.04. The summed E-state index contributed by atoms with van der Waals surface area (Å²) >= 11 is 3.57. The summed E-state index contributed by atoms with van der Waals surface area (Å²) in [5.41, 5.74) is 9.41. The van der Waals surface area contributed by atoms with E-state index in [4.69, 9.17) is 10.5 Å². The fraction of sp³-hybridized carbons (Fsp3) is 0.333. The van der Waals surface area contributed by atoms with Gasteiger partial charge >= 0.3 is 0 Å². The Hall–Kier alpha value is -1.32. The van der Waals surface area contributed by atoms with Crippen LogP contribution in [-0.4, -0.2) is 6.54 Å². The van der Waals surface area contributed by atoms with Crippen molar-refractivity contribution >= 4 is 15.9 Å². The lowest BCUT2D eigenvalue weighted by atomic mass is 10.0. The number of nitrogens with two attached hydrogens (primary N) is 1. The van der Waals surface area contributed by atoms with Gasteiger partial charge in [-0.1, -0.05) is 60.1 Å². The van der Waals surface area contributed by atoms with E-state index < -0.39 is 0 Å². The number of halogens is 1. The number of hydrogen-bond acceptors (Lipinski definition) is 2. The van der Waals surface area contributed by atoms with Gasteiger partial charge in [0.15, 0.2) is 0 Å². The topological polar surface area (TPSA) is 35.2 Å². The molecule has 0 spiro atoms. The van der Waals surface area contributed by atoms with E-state index in [1.807, 2.05) is 24.3 Å². The second-order valence-corrected chi connectivity index (χ2v) is 6.40. The summed E-state index contributed by atoms with van der Waals surface area (Å²) in [7, 11) is 0. The highest BCUT2D eigenvalue weighted by molar-refractivity contribution is 9.10. The summed E-state index contributed by atoms with van der Waals surface area (Å²) in [5.74, 6) is 1.39. The molecule has 2 aromatic carbocycles. The lowest BCUT2D eigenvalue weighted by molar-refractivity contribution is 0.212. The van der Waals surface area contributed by atoms with Crippen LogP contribution < -0.4 is 10.5 Å². The number of ether oxygens (including phenoxy) is 1. The zero-order chi connectivity index (χ0) is 15.4. The average Bonchev–Trinajstić information content (AvgIpc) is 2.47. The van der Waals surface area contributed by atoms with Gasteiger partial charge in [0.05, 0.1) is 0 Å². The molecule has 21 heavy (non-hydrogen) atoms. The first kappa shape index (κ1) is 16.1. The van der Waals surface area contributed by atoms with Crippen LogP contribution in [0.5, 0.6) is 5.75 Å². The molecule has 1 atom stereocenters. The molecule has 1 unspecified atom stereocenters. The van der Waals surface area contributed by atoms with Crippen LogP contribution in [0.15, 0.2) is 46.9 Å². The molecule has 0 aliphatic rings. The Bertz CT molecular complexity index is 610. The fourth-order valence-corrected chi connectivity index (χ4v) is 2.77. The van der Waals surface area contributed by atoms with Crippen molar-refractivity contribution in [1.29, 1.82) is 0 Å². The van der Waals surface area contributed by atoms with E-state index in [2.05, 4.69) is 54.9 Å². The molecule has 0 amide bonds. The highest BCUT2D eigenvalue weighted by atomic mass is 79.9. The van der Waals surface area contributed by atoms with Crippen molar-refractivity contribution in [2.24, 2.45) is 5.73 Å². The lowest BCUT2D eigenvalue weighted by Gasteiger charge is -2.21. The predicted molar refractivity (Wildman–Crippen MR) is 91.8 cm³/mol. The van der Waals surface area contributed by atoms with Crippen LogP contribution in [0.25, 0.3) is 0 Å². The van der Waals surface area contributed by atoms with Crippen LogP contribution in [0.2, 0.25) is 0 Å². The van der Waals surface area contributed by atoms with Crippen LogP contribution in [0.3, 0.4) is 0 Å². The maximum Gasteiger partial charge on any atom is 0.137 e.